The van der Waals surface area contributed by atoms with Crippen LogP contribution in [0.4, 0.5) is 0 Å². The number of allylic oxidation sites excluding steroid dienone is 1. The Bertz CT molecular complexity index is 736. The summed E-state index contributed by atoms with van der Waals surface area (Å²) in [6.45, 7) is 7.33. The summed E-state index contributed by atoms with van der Waals surface area (Å²) >= 11 is 0. The molecule has 1 saturated heterocycles. The Morgan fingerprint density at radius 2 is 2.00 bits per heavy atom. The molecule has 1 heterocycles. The second-order valence-electron chi connectivity index (χ2n) is 7.67. The summed E-state index contributed by atoms with van der Waals surface area (Å²) in [5.41, 5.74) is -0.309. The molecule has 2 rings (SSSR count). The van der Waals surface area contributed by atoms with Crippen molar-refractivity contribution in [2.45, 2.75) is 45.6 Å². The first-order valence-electron chi connectivity index (χ1n) is 9.13. The highest BCUT2D eigenvalue weighted by Crippen LogP contribution is 2.58. The monoisotopic (exact) mass is 394 g/mol. The molecule has 2 fully saturated rings. The van der Waals surface area contributed by atoms with Gasteiger partial charge in [-0.25, -0.2) is 4.79 Å². The predicted octanol–water partition coefficient (Wildman–Crippen LogP) is 2.19. The van der Waals surface area contributed by atoms with Gasteiger partial charge in [0.05, 0.1) is 24.9 Å². The maximum absolute atomic E-state index is 13.0. The van der Waals surface area contributed by atoms with Crippen molar-refractivity contribution < 1.29 is 38.9 Å². The van der Waals surface area contributed by atoms with Crippen LogP contribution in [0.2, 0.25) is 0 Å². The van der Waals surface area contributed by atoms with Gasteiger partial charge in [-0.3, -0.25) is 14.4 Å². The van der Waals surface area contributed by atoms with E-state index in [0.717, 1.165) is 6.08 Å². The van der Waals surface area contributed by atoms with Gasteiger partial charge in [0.2, 0.25) is 0 Å². The number of carboxylic acids is 2. The maximum Gasteiger partial charge on any atom is 0.328 e. The minimum atomic E-state index is -1.50. The minimum absolute atomic E-state index is 0.320. The van der Waals surface area contributed by atoms with Crippen LogP contribution in [-0.4, -0.2) is 47.3 Å². The first-order chi connectivity index (χ1) is 13.0. The van der Waals surface area contributed by atoms with Crippen molar-refractivity contribution in [1.82, 2.24) is 0 Å². The lowest BCUT2D eigenvalue weighted by molar-refractivity contribution is -0.173. The summed E-state index contributed by atoms with van der Waals surface area (Å²) in [5.74, 6) is -5.32. The molecule has 2 N–H and O–H groups in total. The second-order valence-corrected chi connectivity index (χ2v) is 7.67. The fourth-order valence-electron chi connectivity index (χ4n) is 4.89. The Labute approximate surface area is 163 Å². The van der Waals surface area contributed by atoms with E-state index in [1.165, 1.54) is 7.11 Å². The van der Waals surface area contributed by atoms with Crippen molar-refractivity contribution >= 4 is 23.9 Å². The highest BCUT2D eigenvalue weighted by Gasteiger charge is 2.65. The third kappa shape index (κ3) is 3.81. The molecule has 0 radical (unpaired) electrons. The molecule has 0 unspecified atom stereocenters. The Kier molecular flexibility index (Phi) is 6.31. The summed E-state index contributed by atoms with van der Waals surface area (Å²) in [7, 11) is 1.19. The highest BCUT2D eigenvalue weighted by atomic mass is 16.6. The number of esters is 2. The van der Waals surface area contributed by atoms with Gasteiger partial charge in [-0.1, -0.05) is 24.6 Å². The summed E-state index contributed by atoms with van der Waals surface area (Å²) in [5, 5.41) is 18.5. The third-order valence-corrected chi connectivity index (χ3v) is 5.96. The average Bonchev–Trinajstić information content (AvgIpc) is 2.86. The lowest BCUT2D eigenvalue weighted by Gasteiger charge is -2.49. The van der Waals surface area contributed by atoms with Crippen molar-refractivity contribution in [3.63, 3.8) is 0 Å². The zero-order valence-electron chi connectivity index (χ0n) is 16.3. The minimum Gasteiger partial charge on any atom is -0.481 e. The van der Waals surface area contributed by atoms with Crippen LogP contribution >= 0.6 is 0 Å². The fraction of sp³-hybridized carbons (Fsp3) is 0.600. The topological polar surface area (TPSA) is 127 Å². The summed E-state index contributed by atoms with van der Waals surface area (Å²) in [6, 6.07) is 0. The number of fused-ring (bicyclic) bond motifs is 1. The number of hydrogen-bond donors (Lipinski definition) is 2. The third-order valence-electron chi connectivity index (χ3n) is 5.96. The zero-order chi connectivity index (χ0) is 21.2. The molecular formula is C20H26O8. The number of carbonyl (C=O) groups is 4. The van der Waals surface area contributed by atoms with E-state index in [2.05, 4.69) is 6.58 Å². The Morgan fingerprint density at radius 1 is 1.36 bits per heavy atom. The Balaban J connectivity index is 2.53. The van der Waals surface area contributed by atoms with E-state index in [9.17, 15) is 24.3 Å². The number of ether oxygens (including phenoxy) is 2. The Hall–Kier alpha value is -2.64. The van der Waals surface area contributed by atoms with Crippen molar-refractivity contribution in [1.29, 1.82) is 0 Å². The number of carboxylic acid groups (broad SMARTS) is 2. The van der Waals surface area contributed by atoms with E-state index in [1.54, 1.807) is 13.8 Å². The van der Waals surface area contributed by atoms with Crippen LogP contribution in [0.5, 0.6) is 0 Å². The van der Waals surface area contributed by atoms with Gasteiger partial charge >= 0.3 is 23.9 Å². The molecule has 1 saturated carbocycles. The smallest absolute Gasteiger partial charge is 0.328 e. The summed E-state index contributed by atoms with van der Waals surface area (Å²) < 4.78 is 10.4. The lowest BCUT2D eigenvalue weighted by atomic mass is 9.53. The molecule has 2 aliphatic rings. The largest absolute Gasteiger partial charge is 0.481 e. The van der Waals surface area contributed by atoms with Crippen molar-refractivity contribution in [3.05, 3.63) is 23.8 Å². The second kappa shape index (κ2) is 8.16. The SMILES string of the molecule is C=C1C[C@@H]2OC(=O)[C@H](C)[C@@H]2[C@@](CC(=O)O)(C(=O)OC)[C@H]1CC/C(C)=C/C(=O)O. The van der Waals surface area contributed by atoms with Gasteiger partial charge in [-0.2, -0.15) is 0 Å². The van der Waals surface area contributed by atoms with Crippen LogP contribution in [0.25, 0.3) is 0 Å². The van der Waals surface area contributed by atoms with Gasteiger partial charge in [0.1, 0.15) is 6.10 Å². The molecule has 1 aliphatic carbocycles. The van der Waals surface area contributed by atoms with Crippen molar-refractivity contribution in [2.24, 2.45) is 23.2 Å². The molecule has 28 heavy (non-hydrogen) atoms. The lowest BCUT2D eigenvalue weighted by Crippen LogP contribution is -2.55. The molecule has 0 spiro atoms. The van der Waals surface area contributed by atoms with Gasteiger partial charge < -0.3 is 19.7 Å². The molecule has 8 heteroatoms. The predicted molar refractivity (Wildman–Crippen MR) is 97.1 cm³/mol. The van der Waals surface area contributed by atoms with E-state index in [0.29, 0.717) is 30.4 Å². The van der Waals surface area contributed by atoms with Gasteiger partial charge in [0, 0.05) is 18.4 Å². The standard InChI is InChI=1S/C20H26O8/c1-10(7-15(21)22)5-6-13-11(2)8-14-17(12(3)18(25)28-14)20(13,9-16(23)24)19(26)27-4/h7,12-14,17H,2,5-6,8-9H2,1,3-4H3,(H,21,22)(H,23,24)/b10-7+/t12-,13+,14+,17+,20+/m1/s1. The number of rotatable bonds is 7. The molecule has 1 aliphatic heterocycles. The molecule has 5 atom stereocenters. The van der Waals surface area contributed by atoms with Crippen LogP contribution in [0.15, 0.2) is 23.8 Å². The van der Waals surface area contributed by atoms with Gasteiger partial charge in [0.15, 0.2) is 0 Å². The first-order valence-corrected chi connectivity index (χ1v) is 9.13. The average molecular weight is 394 g/mol. The number of carbonyl (C=O) groups excluding carboxylic acids is 2. The van der Waals surface area contributed by atoms with E-state index < -0.39 is 59.6 Å². The molecule has 0 aromatic carbocycles. The normalized spacial score (nSPS) is 32.5. The molecule has 0 bridgehead atoms. The zero-order valence-corrected chi connectivity index (χ0v) is 16.3. The van der Waals surface area contributed by atoms with E-state index in [-0.39, 0.29) is 0 Å². The maximum atomic E-state index is 13.0. The first kappa shape index (κ1) is 21.7. The molecule has 154 valence electrons. The van der Waals surface area contributed by atoms with Gasteiger partial charge in [-0.15, -0.1) is 0 Å². The quantitative estimate of drug-likeness (QED) is 0.382. The molecule has 0 aromatic heterocycles. The van der Waals surface area contributed by atoms with E-state index >= 15 is 0 Å². The molecule has 0 aromatic rings. The summed E-state index contributed by atoms with van der Waals surface area (Å²) in [6.07, 6.45) is 0.936. The number of methoxy groups -OCH3 is 1. The molecule has 0 amide bonds. The molecular weight excluding hydrogens is 368 g/mol. The van der Waals surface area contributed by atoms with Gasteiger partial charge in [-0.05, 0) is 25.7 Å². The van der Waals surface area contributed by atoms with Crippen LogP contribution in [-0.2, 0) is 28.7 Å². The van der Waals surface area contributed by atoms with Crippen LogP contribution in [0.3, 0.4) is 0 Å². The van der Waals surface area contributed by atoms with Crippen LogP contribution in [0.1, 0.15) is 39.5 Å². The van der Waals surface area contributed by atoms with Crippen molar-refractivity contribution in [2.75, 3.05) is 7.11 Å². The van der Waals surface area contributed by atoms with Crippen LogP contribution < -0.4 is 0 Å². The van der Waals surface area contributed by atoms with Gasteiger partial charge in [0.25, 0.3) is 0 Å². The van der Waals surface area contributed by atoms with Crippen LogP contribution in [0, 0.1) is 23.2 Å². The van der Waals surface area contributed by atoms with E-state index in [1.807, 2.05) is 0 Å². The highest BCUT2D eigenvalue weighted by molar-refractivity contribution is 5.87. The fourth-order valence-corrected chi connectivity index (χ4v) is 4.89. The molecule has 8 nitrogen and oxygen atoms in total. The van der Waals surface area contributed by atoms with E-state index in [4.69, 9.17) is 14.6 Å². The number of aliphatic carboxylic acids is 2. The summed E-state index contributed by atoms with van der Waals surface area (Å²) in [4.78, 5) is 47.8. The number of hydrogen-bond acceptors (Lipinski definition) is 6. The van der Waals surface area contributed by atoms with Crippen molar-refractivity contribution in [3.8, 4) is 0 Å². The Morgan fingerprint density at radius 3 is 2.54 bits per heavy atom.